The molecule has 1 aliphatic heterocycles. The van der Waals surface area contributed by atoms with Crippen LogP contribution in [0.15, 0.2) is 18.2 Å². The van der Waals surface area contributed by atoms with Crippen LogP contribution in [0.3, 0.4) is 0 Å². The molecule has 0 aromatic heterocycles. The van der Waals surface area contributed by atoms with Crippen LogP contribution in [0.1, 0.15) is 57.1 Å². The minimum Gasteiger partial charge on any atom is -0.326 e. The third-order valence-electron chi connectivity index (χ3n) is 3.77. The Hall–Kier alpha value is -1.35. The number of benzene rings is 1. The van der Waals surface area contributed by atoms with Crippen molar-refractivity contribution in [3.05, 3.63) is 29.3 Å². The lowest BCUT2D eigenvalue weighted by Crippen LogP contribution is -2.30. The van der Waals surface area contributed by atoms with E-state index in [-0.39, 0.29) is 11.9 Å². The monoisotopic (exact) mass is 260 g/mol. The number of rotatable bonds is 3. The second kappa shape index (κ2) is 5.33. The first-order valence-corrected chi connectivity index (χ1v) is 7.10. The molecule has 1 aromatic carbocycles. The van der Waals surface area contributed by atoms with Gasteiger partial charge in [-0.3, -0.25) is 4.79 Å². The second-order valence-electron chi connectivity index (χ2n) is 6.06. The molecule has 1 atom stereocenters. The van der Waals surface area contributed by atoms with Gasteiger partial charge in [-0.15, -0.1) is 0 Å². The number of nitrogens with two attached hydrogens (primary N) is 1. The average molecular weight is 260 g/mol. The Morgan fingerprint density at radius 3 is 2.05 bits per heavy atom. The maximum Gasteiger partial charge on any atom is 0.228 e. The zero-order valence-corrected chi connectivity index (χ0v) is 12.3. The zero-order chi connectivity index (χ0) is 14.2. The van der Waals surface area contributed by atoms with E-state index in [4.69, 9.17) is 5.73 Å². The van der Waals surface area contributed by atoms with Gasteiger partial charge in [-0.05, 0) is 23.0 Å². The number of carbonyl (C=O) groups excluding carboxylic acids is 1. The Kier molecular flexibility index (Phi) is 3.95. The predicted molar refractivity (Wildman–Crippen MR) is 79.6 cm³/mol. The van der Waals surface area contributed by atoms with Crippen LogP contribution in [0.25, 0.3) is 0 Å². The lowest BCUT2D eigenvalue weighted by molar-refractivity contribution is -0.117. The van der Waals surface area contributed by atoms with Gasteiger partial charge in [0.15, 0.2) is 0 Å². The van der Waals surface area contributed by atoms with E-state index in [2.05, 4.69) is 45.9 Å². The molecule has 3 heteroatoms. The minimum atomic E-state index is -0.0345. The molecule has 0 bridgehead atoms. The molecule has 0 aliphatic carbocycles. The number of anilines is 1. The minimum absolute atomic E-state index is 0.0345. The first-order chi connectivity index (χ1) is 8.91. The Morgan fingerprint density at radius 2 is 1.68 bits per heavy atom. The Bertz CT molecular complexity index is 453. The van der Waals surface area contributed by atoms with Gasteiger partial charge in [-0.25, -0.2) is 0 Å². The van der Waals surface area contributed by atoms with Gasteiger partial charge >= 0.3 is 0 Å². The molecule has 1 heterocycles. The summed E-state index contributed by atoms with van der Waals surface area (Å²) in [5.74, 6) is 0.958. The molecule has 2 rings (SSSR count). The van der Waals surface area contributed by atoms with E-state index in [1.807, 2.05) is 4.90 Å². The lowest BCUT2D eigenvalue weighted by Gasteiger charge is -2.26. The van der Waals surface area contributed by atoms with Crippen LogP contribution in [-0.4, -0.2) is 18.5 Å². The van der Waals surface area contributed by atoms with Gasteiger partial charge in [0, 0.05) is 19.0 Å². The SMILES string of the molecule is CC(C)c1cccc(C(C)C)c1N1CC(N)CC1=O. The maximum absolute atomic E-state index is 12.2. The Morgan fingerprint density at radius 1 is 1.16 bits per heavy atom. The number of nitrogens with zero attached hydrogens (tertiary/aromatic N) is 1. The summed E-state index contributed by atoms with van der Waals surface area (Å²) in [6.45, 7) is 9.32. The van der Waals surface area contributed by atoms with Gasteiger partial charge in [0.05, 0.1) is 5.69 Å². The van der Waals surface area contributed by atoms with Crippen molar-refractivity contribution < 1.29 is 4.79 Å². The van der Waals surface area contributed by atoms with Crippen molar-refractivity contribution in [2.75, 3.05) is 11.4 Å². The molecular formula is C16H24N2O. The summed E-state index contributed by atoms with van der Waals surface area (Å²) >= 11 is 0. The number of hydrogen-bond donors (Lipinski definition) is 1. The number of hydrogen-bond acceptors (Lipinski definition) is 2. The van der Waals surface area contributed by atoms with Gasteiger partial charge in [0.2, 0.25) is 5.91 Å². The molecule has 1 aliphatic rings. The van der Waals surface area contributed by atoms with Crippen LogP contribution in [0.5, 0.6) is 0 Å². The molecule has 1 aromatic rings. The van der Waals surface area contributed by atoms with Gasteiger partial charge < -0.3 is 10.6 Å². The summed E-state index contributed by atoms with van der Waals surface area (Å²) in [5, 5.41) is 0. The van der Waals surface area contributed by atoms with Crippen molar-refractivity contribution in [2.24, 2.45) is 5.73 Å². The second-order valence-corrected chi connectivity index (χ2v) is 6.06. The van der Waals surface area contributed by atoms with Crippen LogP contribution in [0.4, 0.5) is 5.69 Å². The molecule has 0 saturated carbocycles. The molecule has 3 nitrogen and oxygen atoms in total. The number of amides is 1. The Balaban J connectivity index is 2.55. The van der Waals surface area contributed by atoms with Gasteiger partial charge in [-0.1, -0.05) is 45.9 Å². The van der Waals surface area contributed by atoms with Gasteiger partial charge in [0.25, 0.3) is 0 Å². The van der Waals surface area contributed by atoms with Crippen molar-refractivity contribution in [3.8, 4) is 0 Å². The van der Waals surface area contributed by atoms with E-state index in [0.29, 0.717) is 24.8 Å². The van der Waals surface area contributed by atoms with Crippen LogP contribution in [0, 0.1) is 0 Å². The summed E-state index contributed by atoms with van der Waals surface area (Å²) in [7, 11) is 0. The van der Waals surface area contributed by atoms with E-state index < -0.39 is 0 Å². The molecule has 0 radical (unpaired) electrons. The highest BCUT2D eigenvalue weighted by Gasteiger charge is 2.31. The van der Waals surface area contributed by atoms with Crippen molar-refractivity contribution in [1.82, 2.24) is 0 Å². The highest BCUT2D eigenvalue weighted by Crippen LogP contribution is 2.37. The first-order valence-electron chi connectivity index (χ1n) is 7.10. The van der Waals surface area contributed by atoms with Crippen LogP contribution >= 0.6 is 0 Å². The third kappa shape index (κ3) is 2.66. The fourth-order valence-electron chi connectivity index (χ4n) is 2.77. The average Bonchev–Trinajstić information content (AvgIpc) is 2.67. The smallest absolute Gasteiger partial charge is 0.228 e. The molecule has 19 heavy (non-hydrogen) atoms. The molecule has 0 spiro atoms. The van der Waals surface area contributed by atoms with E-state index in [1.54, 1.807) is 0 Å². The fourth-order valence-corrected chi connectivity index (χ4v) is 2.77. The largest absolute Gasteiger partial charge is 0.326 e. The molecule has 1 unspecified atom stereocenters. The zero-order valence-electron chi connectivity index (χ0n) is 12.3. The standard InChI is InChI=1S/C16H24N2O/c1-10(2)13-6-5-7-14(11(3)4)16(13)18-9-12(17)8-15(18)19/h5-7,10-12H,8-9,17H2,1-4H3. The van der Waals surface area contributed by atoms with Crippen molar-refractivity contribution >= 4 is 11.6 Å². The quantitative estimate of drug-likeness (QED) is 0.908. The van der Waals surface area contributed by atoms with Crippen LogP contribution < -0.4 is 10.6 Å². The van der Waals surface area contributed by atoms with Gasteiger partial charge in [0.1, 0.15) is 0 Å². The molecule has 1 amide bonds. The van der Waals surface area contributed by atoms with E-state index in [1.165, 1.54) is 11.1 Å². The van der Waals surface area contributed by atoms with Gasteiger partial charge in [-0.2, -0.15) is 0 Å². The van der Waals surface area contributed by atoms with E-state index in [9.17, 15) is 4.79 Å². The van der Waals surface area contributed by atoms with Crippen molar-refractivity contribution in [3.63, 3.8) is 0 Å². The first kappa shape index (κ1) is 14.1. The molecule has 1 saturated heterocycles. The summed E-state index contributed by atoms with van der Waals surface area (Å²) in [6, 6.07) is 6.31. The summed E-state index contributed by atoms with van der Waals surface area (Å²) in [5.41, 5.74) is 9.53. The van der Waals surface area contributed by atoms with Crippen molar-refractivity contribution in [2.45, 2.75) is 52.0 Å². The van der Waals surface area contributed by atoms with Crippen LogP contribution in [-0.2, 0) is 4.79 Å². The fraction of sp³-hybridized carbons (Fsp3) is 0.562. The highest BCUT2D eigenvalue weighted by molar-refractivity contribution is 5.98. The molecule has 2 N–H and O–H groups in total. The molecule has 104 valence electrons. The Labute approximate surface area is 115 Å². The maximum atomic E-state index is 12.2. The molecular weight excluding hydrogens is 236 g/mol. The summed E-state index contributed by atoms with van der Waals surface area (Å²) in [6.07, 6.45) is 0.462. The summed E-state index contributed by atoms with van der Waals surface area (Å²) < 4.78 is 0. The van der Waals surface area contributed by atoms with E-state index >= 15 is 0 Å². The number of carbonyl (C=O) groups is 1. The predicted octanol–water partition coefficient (Wildman–Crippen LogP) is 3.00. The number of para-hydroxylation sites is 1. The van der Waals surface area contributed by atoms with Crippen LogP contribution in [0.2, 0.25) is 0 Å². The normalized spacial score (nSPS) is 19.8. The summed E-state index contributed by atoms with van der Waals surface area (Å²) in [4.78, 5) is 14.1. The third-order valence-corrected chi connectivity index (χ3v) is 3.77. The topological polar surface area (TPSA) is 46.3 Å². The molecule has 1 fully saturated rings. The van der Waals surface area contributed by atoms with E-state index in [0.717, 1.165) is 5.69 Å². The highest BCUT2D eigenvalue weighted by atomic mass is 16.2. The lowest BCUT2D eigenvalue weighted by atomic mass is 9.92. The van der Waals surface area contributed by atoms with Crippen molar-refractivity contribution in [1.29, 1.82) is 0 Å².